The van der Waals surface area contributed by atoms with Crippen LogP contribution in [0.3, 0.4) is 0 Å². The lowest BCUT2D eigenvalue weighted by Crippen LogP contribution is -2.41. The van der Waals surface area contributed by atoms with Crippen molar-refractivity contribution < 1.29 is 9.31 Å². The Morgan fingerprint density at radius 3 is 2.16 bits per heavy atom. The van der Waals surface area contributed by atoms with Crippen LogP contribution in [-0.4, -0.2) is 18.3 Å². The number of hydrogen-bond acceptors (Lipinski definition) is 2. The maximum atomic E-state index is 6.04. The van der Waals surface area contributed by atoms with Crippen LogP contribution in [0.1, 0.15) is 38.8 Å². The van der Waals surface area contributed by atoms with Gasteiger partial charge in [0.15, 0.2) is 0 Å². The van der Waals surface area contributed by atoms with Crippen molar-refractivity contribution in [2.75, 3.05) is 0 Å². The molecule has 0 aliphatic carbocycles. The smallest absolute Gasteiger partial charge is 0.399 e. The lowest BCUT2D eigenvalue weighted by Gasteiger charge is -2.32. The third-order valence-electron chi connectivity index (χ3n) is 4.07. The van der Waals surface area contributed by atoms with E-state index in [1.165, 1.54) is 0 Å². The molecular formula is C15H20BClO2. The third-order valence-corrected chi connectivity index (χ3v) is 4.49. The SMILES string of the molecule is C=C(B1OC(C)(C)C(C)(C)O1)c1ccc(Cl)c(C)c1. The molecule has 2 rings (SSSR count). The lowest BCUT2D eigenvalue weighted by atomic mass is 9.75. The molecule has 4 heteroatoms. The van der Waals surface area contributed by atoms with Crippen LogP contribution >= 0.6 is 11.6 Å². The molecule has 0 atom stereocenters. The Morgan fingerprint density at radius 1 is 1.16 bits per heavy atom. The average Bonchev–Trinajstić information content (AvgIpc) is 2.51. The Balaban J connectivity index is 2.24. The first-order valence-corrected chi connectivity index (χ1v) is 6.83. The molecule has 1 aliphatic heterocycles. The van der Waals surface area contributed by atoms with Crippen LogP contribution in [0.15, 0.2) is 24.8 Å². The quantitative estimate of drug-likeness (QED) is 0.751. The fourth-order valence-electron chi connectivity index (χ4n) is 1.97. The molecule has 1 saturated heterocycles. The molecule has 0 aromatic heterocycles. The molecule has 0 saturated carbocycles. The van der Waals surface area contributed by atoms with Crippen LogP contribution in [-0.2, 0) is 9.31 Å². The number of aryl methyl sites for hydroxylation is 1. The molecule has 102 valence electrons. The molecule has 0 radical (unpaired) electrons. The normalized spacial score (nSPS) is 20.6. The van der Waals surface area contributed by atoms with E-state index in [4.69, 9.17) is 20.9 Å². The van der Waals surface area contributed by atoms with Crippen LogP contribution in [0.2, 0.25) is 5.02 Å². The van der Waals surface area contributed by atoms with Gasteiger partial charge in [0.1, 0.15) is 0 Å². The van der Waals surface area contributed by atoms with Crippen molar-refractivity contribution in [3.63, 3.8) is 0 Å². The summed E-state index contributed by atoms with van der Waals surface area (Å²) in [7, 11) is -0.412. The molecule has 2 nitrogen and oxygen atoms in total. The average molecular weight is 279 g/mol. The fourth-order valence-corrected chi connectivity index (χ4v) is 2.08. The van der Waals surface area contributed by atoms with Gasteiger partial charge in [0, 0.05) is 5.02 Å². The van der Waals surface area contributed by atoms with E-state index >= 15 is 0 Å². The summed E-state index contributed by atoms with van der Waals surface area (Å²) in [6.45, 7) is 14.2. The summed E-state index contributed by atoms with van der Waals surface area (Å²) >= 11 is 6.04. The van der Waals surface area contributed by atoms with E-state index in [0.29, 0.717) is 0 Å². The molecule has 19 heavy (non-hydrogen) atoms. The summed E-state index contributed by atoms with van der Waals surface area (Å²) in [6.07, 6.45) is 0. The second kappa shape index (κ2) is 4.66. The first-order chi connectivity index (χ1) is 8.64. The fraction of sp³-hybridized carbons (Fsp3) is 0.467. The zero-order chi connectivity index (χ0) is 14.4. The Morgan fingerprint density at radius 2 is 1.68 bits per heavy atom. The van der Waals surface area contributed by atoms with E-state index in [9.17, 15) is 0 Å². The van der Waals surface area contributed by atoms with Crippen molar-refractivity contribution in [2.45, 2.75) is 45.8 Å². The van der Waals surface area contributed by atoms with Crippen molar-refractivity contribution in [2.24, 2.45) is 0 Å². The topological polar surface area (TPSA) is 18.5 Å². The van der Waals surface area contributed by atoms with Crippen LogP contribution in [0, 0.1) is 6.92 Å². The highest BCUT2D eigenvalue weighted by atomic mass is 35.5. The molecule has 0 spiro atoms. The monoisotopic (exact) mass is 278 g/mol. The summed E-state index contributed by atoms with van der Waals surface area (Å²) < 4.78 is 12.0. The van der Waals surface area contributed by atoms with Gasteiger partial charge in [-0.1, -0.05) is 30.3 Å². The van der Waals surface area contributed by atoms with Crippen molar-refractivity contribution in [3.8, 4) is 0 Å². The number of hydrogen-bond donors (Lipinski definition) is 0. The second-order valence-corrected chi connectivity index (χ2v) is 6.48. The maximum Gasteiger partial charge on any atom is 0.494 e. The molecule has 1 heterocycles. The van der Waals surface area contributed by atoms with Gasteiger partial charge in [-0.05, 0) is 57.3 Å². The van der Waals surface area contributed by atoms with Crippen LogP contribution in [0.5, 0.6) is 0 Å². The number of benzene rings is 1. The van der Waals surface area contributed by atoms with Crippen molar-refractivity contribution >= 4 is 24.2 Å². The Hall–Kier alpha value is -0.765. The van der Waals surface area contributed by atoms with E-state index in [1.807, 2.05) is 52.8 Å². The number of halogens is 1. The van der Waals surface area contributed by atoms with E-state index in [2.05, 4.69) is 6.58 Å². The molecule has 0 amide bonds. The van der Waals surface area contributed by atoms with Gasteiger partial charge in [0.05, 0.1) is 11.2 Å². The highest BCUT2D eigenvalue weighted by Gasteiger charge is 2.52. The Bertz CT molecular complexity index is 507. The minimum absolute atomic E-state index is 0.345. The molecule has 1 aliphatic rings. The second-order valence-electron chi connectivity index (χ2n) is 6.08. The molecular weight excluding hydrogens is 258 g/mol. The Kier molecular flexibility index (Phi) is 3.59. The van der Waals surface area contributed by atoms with Crippen LogP contribution in [0.4, 0.5) is 0 Å². The third kappa shape index (κ3) is 2.60. The van der Waals surface area contributed by atoms with Crippen molar-refractivity contribution in [1.29, 1.82) is 0 Å². The number of rotatable bonds is 2. The van der Waals surface area contributed by atoms with E-state index in [1.54, 1.807) is 0 Å². The molecule has 1 aromatic rings. The predicted molar refractivity (Wildman–Crippen MR) is 81.3 cm³/mol. The summed E-state index contributed by atoms with van der Waals surface area (Å²) in [6, 6.07) is 5.83. The van der Waals surface area contributed by atoms with Crippen LogP contribution in [0.25, 0.3) is 5.47 Å². The van der Waals surface area contributed by atoms with Gasteiger partial charge in [-0.2, -0.15) is 0 Å². The van der Waals surface area contributed by atoms with E-state index in [0.717, 1.165) is 21.6 Å². The van der Waals surface area contributed by atoms with Gasteiger partial charge in [0.25, 0.3) is 0 Å². The maximum absolute atomic E-state index is 6.04. The van der Waals surface area contributed by atoms with Crippen LogP contribution < -0.4 is 0 Å². The van der Waals surface area contributed by atoms with Gasteiger partial charge in [-0.15, -0.1) is 0 Å². The van der Waals surface area contributed by atoms with E-state index < -0.39 is 7.12 Å². The van der Waals surface area contributed by atoms with Gasteiger partial charge in [0.2, 0.25) is 0 Å². The highest BCUT2D eigenvalue weighted by Crippen LogP contribution is 2.40. The summed E-state index contributed by atoms with van der Waals surface area (Å²) in [5.41, 5.74) is 2.17. The summed E-state index contributed by atoms with van der Waals surface area (Å²) in [4.78, 5) is 0. The highest BCUT2D eigenvalue weighted by molar-refractivity contribution is 6.68. The molecule has 1 aromatic carbocycles. The van der Waals surface area contributed by atoms with Crippen molar-refractivity contribution in [3.05, 3.63) is 40.9 Å². The first-order valence-electron chi connectivity index (χ1n) is 6.45. The van der Waals surface area contributed by atoms with Gasteiger partial charge in [-0.25, -0.2) is 0 Å². The predicted octanol–water partition coefficient (Wildman–Crippen LogP) is 4.29. The van der Waals surface area contributed by atoms with Gasteiger partial charge in [-0.3, -0.25) is 0 Å². The minimum atomic E-state index is -0.412. The molecule has 0 unspecified atom stereocenters. The zero-order valence-corrected chi connectivity index (χ0v) is 13.0. The standard InChI is InChI=1S/C15H20BClO2/c1-10-9-12(7-8-13(10)17)11(2)16-18-14(3,4)15(5,6)19-16/h7-9H,2H2,1,3-6H3. The largest absolute Gasteiger partial charge is 0.494 e. The minimum Gasteiger partial charge on any atom is -0.399 e. The summed E-state index contributed by atoms with van der Waals surface area (Å²) in [5, 5.41) is 0.755. The van der Waals surface area contributed by atoms with E-state index in [-0.39, 0.29) is 11.2 Å². The lowest BCUT2D eigenvalue weighted by molar-refractivity contribution is 0.00578. The zero-order valence-electron chi connectivity index (χ0n) is 12.2. The first kappa shape index (κ1) is 14.6. The molecule has 0 bridgehead atoms. The van der Waals surface area contributed by atoms with Crippen molar-refractivity contribution in [1.82, 2.24) is 0 Å². The van der Waals surface area contributed by atoms with Gasteiger partial charge >= 0.3 is 7.12 Å². The van der Waals surface area contributed by atoms with Gasteiger partial charge < -0.3 is 9.31 Å². The Labute approximate surface area is 120 Å². The molecule has 1 fully saturated rings. The molecule has 0 N–H and O–H groups in total. The summed E-state index contributed by atoms with van der Waals surface area (Å²) in [5.74, 6) is 0.